The molecule has 0 N–H and O–H groups in total. The van der Waals surface area contributed by atoms with Gasteiger partial charge in [-0.15, -0.1) is 0 Å². The summed E-state index contributed by atoms with van der Waals surface area (Å²) < 4.78 is 35.3. The molecule has 0 saturated carbocycles. The van der Waals surface area contributed by atoms with Gasteiger partial charge in [-0.1, -0.05) is 95.3 Å². The summed E-state index contributed by atoms with van der Waals surface area (Å²) in [5.41, 5.74) is 5.95. The molecule has 282 valence electrons. The van der Waals surface area contributed by atoms with Gasteiger partial charge in [-0.3, -0.25) is 0 Å². The number of hydrogen-bond donors (Lipinski definition) is 0. The molecule has 0 unspecified atom stereocenters. The molecule has 0 amide bonds. The molecule has 6 heteroatoms. The molecule has 7 rings (SSSR count). The van der Waals surface area contributed by atoms with E-state index in [2.05, 4.69) is 139 Å². The zero-order valence-electron chi connectivity index (χ0n) is 32.7. The van der Waals surface area contributed by atoms with Crippen molar-refractivity contribution in [1.82, 2.24) is 0 Å². The average Bonchev–Trinajstić information content (AvgIpc) is 3.14. The van der Waals surface area contributed by atoms with Crippen LogP contribution in [0.1, 0.15) is 88.6 Å². The van der Waals surface area contributed by atoms with E-state index in [-0.39, 0.29) is 21.7 Å². The van der Waals surface area contributed by atoms with Gasteiger partial charge in [0.1, 0.15) is 17.2 Å². The van der Waals surface area contributed by atoms with Crippen molar-refractivity contribution < 1.29 is 28.4 Å². The smallest absolute Gasteiger partial charge is 0.119 e. The van der Waals surface area contributed by atoms with Gasteiger partial charge < -0.3 is 28.4 Å². The molecule has 4 aromatic rings. The minimum Gasteiger partial charge on any atom is -0.493 e. The Labute approximate surface area is 317 Å². The quantitative estimate of drug-likeness (QED) is 0.101. The van der Waals surface area contributed by atoms with Gasteiger partial charge in [0, 0.05) is 10.8 Å². The molecule has 3 fully saturated rings. The highest BCUT2D eigenvalue weighted by molar-refractivity contribution is 5.53. The Kier molecular flexibility index (Phi) is 10.7. The first-order chi connectivity index (χ1) is 25.6. The van der Waals surface area contributed by atoms with Crippen LogP contribution in [0.5, 0.6) is 17.2 Å². The van der Waals surface area contributed by atoms with E-state index in [4.69, 9.17) is 28.4 Å². The van der Waals surface area contributed by atoms with Crippen LogP contribution in [0.4, 0.5) is 0 Å². The van der Waals surface area contributed by atoms with Crippen LogP contribution in [0, 0.1) is 16.2 Å². The van der Waals surface area contributed by atoms with Gasteiger partial charge in [0.05, 0.1) is 75.7 Å². The van der Waals surface area contributed by atoms with E-state index in [0.717, 1.165) is 76.2 Å². The van der Waals surface area contributed by atoms with Crippen LogP contribution >= 0.6 is 0 Å². The van der Waals surface area contributed by atoms with Gasteiger partial charge in [0.25, 0.3) is 0 Å². The molecular weight excluding hydrogens is 661 g/mol. The second-order valence-corrected chi connectivity index (χ2v) is 16.8. The molecule has 3 heterocycles. The fraction of sp³-hybridized carbons (Fsp3) is 0.489. The fourth-order valence-electron chi connectivity index (χ4n) is 7.67. The van der Waals surface area contributed by atoms with Crippen LogP contribution in [-0.2, 0) is 25.0 Å². The Balaban J connectivity index is 1.12. The summed E-state index contributed by atoms with van der Waals surface area (Å²) in [6.45, 7) is 20.3. The number of benzene rings is 4. The van der Waals surface area contributed by atoms with Gasteiger partial charge >= 0.3 is 0 Å². The molecule has 0 radical (unpaired) electrons. The maximum Gasteiger partial charge on any atom is 0.119 e. The van der Waals surface area contributed by atoms with E-state index < -0.39 is 5.41 Å². The number of ether oxygens (including phenoxy) is 6. The summed E-state index contributed by atoms with van der Waals surface area (Å²) in [7, 11) is 0. The highest BCUT2D eigenvalue weighted by atomic mass is 16.5. The molecule has 3 aliphatic heterocycles. The molecule has 3 saturated heterocycles. The zero-order chi connectivity index (χ0) is 37.2. The van der Waals surface area contributed by atoms with E-state index in [1.54, 1.807) is 0 Å². The summed E-state index contributed by atoms with van der Waals surface area (Å²) in [5.74, 6) is 2.69. The van der Waals surface area contributed by atoms with E-state index in [0.29, 0.717) is 19.8 Å². The minimum absolute atomic E-state index is 0.133. The predicted molar refractivity (Wildman–Crippen MR) is 211 cm³/mol. The third-order valence-electron chi connectivity index (χ3n) is 13.0. The lowest BCUT2D eigenvalue weighted by atomic mass is 9.70. The van der Waals surface area contributed by atoms with Crippen molar-refractivity contribution in [2.45, 2.75) is 71.6 Å². The van der Waals surface area contributed by atoms with Gasteiger partial charge in [-0.2, -0.15) is 0 Å². The first-order valence-corrected chi connectivity index (χ1v) is 19.6. The Hall–Kier alpha value is -3.84. The van der Waals surface area contributed by atoms with E-state index in [9.17, 15) is 0 Å². The molecular formula is C47H58O6. The minimum atomic E-state index is -0.418. The van der Waals surface area contributed by atoms with Crippen molar-refractivity contribution in [3.63, 3.8) is 0 Å². The summed E-state index contributed by atoms with van der Waals surface area (Å²) in [6.07, 6.45) is 3.18. The average molecular weight is 719 g/mol. The van der Waals surface area contributed by atoms with Crippen LogP contribution in [0.2, 0.25) is 0 Å². The van der Waals surface area contributed by atoms with Gasteiger partial charge in [0.15, 0.2) is 0 Å². The van der Waals surface area contributed by atoms with Crippen molar-refractivity contribution in [2.75, 3.05) is 59.5 Å². The second-order valence-electron chi connectivity index (χ2n) is 16.8. The Bertz CT molecular complexity index is 1690. The molecule has 3 aliphatic rings. The van der Waals surface area contributed by atoms with E-state index >= 15 is 0 Å². The third kappa shape index (κ3) is 7.48. The van der Waals surface area contributed by atoms with Gasteiger partial charge in [0.2, 0.25) is 0 Å². The molecule has 0 atom stereocenters. The summed E-state index contributed by atoms with van der Waals surface area (Å²) in [5, 5.41) is 0. The summed E-state index contributed by atoms with van der Waals surface area (Å²) in [4.78, 5) is 0. The molecule has 0 bridgehead atoms. The van der Waals surface area contributed by atoms with Crippen molar-refractivity contribution >= 4 is 0 Å². The summed E-state index contributed by atoms with van der Waals surface area (Å²) >= 11 is 0. The number of rotatable bonds is 17. The van der Waals surface area contributed by atoms with Crippen molar-refractivity contribution in [3.8, 4) is 17.2 Å². The lowest BCUT2D eigenvalue weighted by Gasteiger charge is -2.40. The van der Waals surface area contributed by atoms with Gasteiger partial charge in [-0.05, 0) is 90.4 Å². The fourth-order valence-corrected chi connectivity index (χ4v) is 7.67. The van der Waals surface area contributed by atoms with Crippen molar-refractivity contribution in [3.05, 3.63) is 125 Å². The molecule has 0 spiro atoms. The third-order valence-corrected chi connectivity index (χ3v) is 13.0. The van der Waals surface area contributed by atoms with Crippen LogP contribution in [-0.4, -0.2) is 59.5 Å². The van der Waals surface area contributed by atoms with Crippen molar-refractivity contribution in [2.24, 2.45) is 16.2 Å². The van der Waals surface area contributed by atoms with Gasteiger partial charge in [-0.25, -0.2) is 0 Å². The second kappa shape index (κ2) is 15.1. The highest BCUT2D eigenvalue weighted by Gasteiger charge is 2.40. The molecule has 0 aliphatic carbocycles. The Morgan fingerprint density at radius 3 is 0.906 bits per heavy atom. The molecule has 4 aromatic carbocycles. The maximum absolute atomic E-state index is 6.30. The van der Waals surface area contributed by atoms with Crippen LogP contribution in [0.3, 0.4) is 0 Å². The first kappa shape index (κ1) is 37.5. The predicted octanol–water partition coefficient (Wildman–Crippen LogP) is 9.78. The standard InChI is InChI=1S/C47H58O6/c1-7-45(26-48-27-45)32-51-40-20-14-36(15-21-40)43(4,5)35-10-12-37(13-11-35)44(6,38-16-22-41(23-17-38)52-33-46(8-2)28-49-29-46)39-18-24-42(25-19-39)53-34-47(9-3)30-50-31-47/h10-25H,7-9,26-34H2,1-6H3. The lowest BCUT2D eigenvalue weighted by Crippen LogP contribution is -2.46. The van der Waals surface area contributed by atoms with Crippen LogP contribution in [0.15, 0.2) is 97.1 Å². The first-order valence-electron chi connectivity index (χ1n) is 19.6. The van der Waals surface area contributed by atoms with Crippen LogP contribution < -0.4 is 14.2 Å². The van der Waals surface area contributed by atoms with E-state index in [1.807, 2.05) is 0 Å². The zero-order valence-corrected chi connectivity index (χ0v) is 32.7. The largest absolute Gasteiger partial charge is 0.493 e. The molecule has 0 aromatic heterocycles. The Morgan fingerprint density at radius 2 is 0.660 bits per heavy atom. The summed E-state index contributed by atoms with van der Waals surface area (Å²) in [6, 6.07) is 35.2. The normalized spacial score (nSPS) is 18.6. The highest BCUT2D eigenvalue weighted by Crippen LogP contribution is 2.42. The van der Waals surface area contributed by atoms with E-state index in [1.165, 1.54) is 27.8 Å². The molecule has 6 nitrogen and oxygen atoms in total. The van der Waals surface area contributed by atoms with Crippen molar-refractivity contribution in [1.29, 1.82) is 0 Å². The Morgan fingerprint density at radius 1 is 0.415 bits per heavy atom. The van der Waals surface area contributed by atoms with Crippen LogP contribution in [0.25, 0.3) is 0 Å². The lowest BCUT2D eigenvalue weighted by molar-refractivity contribution is -0.133. The molecule has 53 heavy (non-hydrogen) atoms. The SMILES string of the molecule is CCC1(COc2ccc(C(C)(C)c3ccc(C(C)(c4ccc(OCC5(CC)COC5)cc4)c4ccc(OCC5(CC)COC5)cc4)cc3)cc2)COC1. The maximum atomic E-state index is 6.30. The topological polar surface area (TPSA) is 55.4 Å². The monoisotopic (exact) mass is 718 g/mol. The number of hydrogen-bond acceptors (Lipinski definition) is 6.